The largest absolute Gasteiger partial charge is 0.382 e. The van der Waals surface area contributed by atoms with Gasteiger partial charge < -0.3 is 5.73 Å². The van der Waals surface area contributed by atoms with E-state index in [1.807, 2.05) is 31.2 Å². The van der Waals surface area contributed by atoms with E-state index in [1.165, 1.54) is 4.90 Å². The molecule has 0 unspecified atom stereocenters. The minimum Gasteiger partial charge on any atom is -0.382 e. The van der Waals surface area contributed by atoms with Crippen LogP contribution in [0.4, 0.5) is 11.5 Å². The molecule has 5 nitrogen and oxygen atoms in total. The van der Waals surface area contributed by atoms with Gasteiger partial charge in [-0.3, -0.25) is 4.79 Å². The summed E-state index contributed by atoms with van der Waals surface area (Å²) in [4.78, 5) is 12.4. The van der Waals surface area contributed by atoms with E-state index in [4.69, 9.17) is 5.73 Å². The van der Waals surface area contributed by atoms with Crippen molar-refractivity contribution >= 4 is 17.9 Å². The van der Waals surface area contributed by atoms with Crippen LogP contribution in [-0.2, 0) is 4.79 Å². The number of nitrogens with two attached hydrogens (primary N) is 1. The minimum absolute atomic E-state index is 0.330. The van der Waals surface area contributed by atoms with Crippen molar-refractivity contribution in [1.29, 1.82) is 0 Å². The maximum absolute atomic E-state index is 11.1. The highest BCUT2D eigenvalue weighted by Gasteiger charge is 2.01. The third-order valence-electron chi connectivity index (χ3n) is 2.37. The highest BCUT2D eigenvalue weighted by Crippen LogP contribution is 2.13. The van der Waals surface area contributed by atoms with E-state index in [9.17, 15) is 4.79 Å². The van der Waals surface area contributed by atoms with E-state index in [2.05, 4.69) is 22.2 Å². The summed E-state index contributed by atoms with van der Waals surface area (Å²) in [5, 5.41) is 7.49. The standard InChI is InChI=1S/C14H12N4O/c1-11-3-2-4-13(9-11)18(10-19)8-7-12-5-6-14(15)17-16-12/h2-6,9-10H,1H3,(H2,15,17). The molecule has 0 aliphatic heterocycles. The first-order chi connectivity index (χ1) is 9.19. The zero-order valence-electron chi connectivity index (χ0n) is 10.4. The normalized spacial score (nSPS) is 9.32. The van der Waals surface area contributed by atoms with E-state index in [0.717, 1.165) is 5.56 Å². The Kier molecular flexibility index (Phi) is 3.74. The van der Waals surface area contributed by atoms with Crippen LogP contribution in [0.25, 0.3) is 0 Å². The number of carbonyl (C=O) groups is 1. The van der Waals surface area contributed by atoms with E-state index in [0.29, 0.717) is 23.6 Å². The minimum atomic E-state index is 0.330. The van der Waals surface area contributed by atoms with Crippen molar-refractivity contribution < 1.29 is 4.79 Å². The van der Waals surface area contributed by atoms with E-state index in [-0.39, 0.29) is 0 Å². The Morgan fingerprint density at radius 1 is 1.26 bits per heavy atom. The first-order valence-corrected chi connectivity index (χ1v) is 5.61. The molecule has 0 fully saturated rings. The van der Waals surface area contributed by atoms with Gasteiger partial charge in [0.25, 0.3) is 0 Å². The molecule has 0 aliphatic carbocycles. The summed E-state index contributed by atoms with van der Waals surface area (Å²) >= 11 is 0. The number of nitrogens with zero attached hydrogens (tertiary/aromatic N) is 3. The average molecular weight is 252 g/mol. The molecule has 0 spiro atoms. The van der Waals surface area contributed by atoms with Crippen molar-refractivity contribution in [2.75, 3.05) is 10.6 Å². The van der Waals surface area contributed by atoms with Gasteiger partial charge >= 0.3 is 0 Å². The lowest BCUT2D eigenvalue weighted by atomic mass is 10.2. The van der Waals surface area contributed by atoms with Crippen LogP contribution >= 0.6 is 0 Å². The number of aryl methyl sites for hydroxylation is 1. The van der Waals surface area contributed by atoms with Gasteiger partial charge in [-0.1, -0.05) is 12.1 Å². The Morgan fingerprint density at radius 3 is 2.74 bits per heavy atom. The maximum Gasteiger partial charge on any atom is 0.225 e. The lowest BCUT2D eigenvalue weighted by molar-refractivity contribution is -0.106. The fourth-order valence-corrected chi connectivity index (χ4v) is 1.46. The molecule has 1 aromatic heterocycles. The predicted octanol–water partition coefficient (Wildman–Crippen LogP) is 1.34. The molecule has 1 amide bonds. The number of amides is 1. The van der Waals surface area contributed by atoms with Gasteiger partial charge in [0.2, 0.25) is 6.41 Å². The Morgan fingerprint density at radius 2 is 2.11 bits per heavy atom. The van der Waals surface area contributed by atoms with E-state index < -0.39 is 0 Å². The molecule has 2 aromatic rings. The van der Waals surface area contributed by atoms with Crippen molar-refractivity contribution in [2.45, 2.75) is 6.92 Å². The number of benzene rings is 1. The molecule has 94 valence electrons. The number of anilines is 2. The van der Waals surface area contributed by atoms with Crippen LogP contribution in [0.15, 0.2) is 36.4 Å². The smallest absolute Gasteiger partial charge is 0.225 e. The first kappa shape index (κ1) is 12.6. The fourth-order valence-electron chi connectivity index (χ4n) is 1.46. The van der Waals surface area contributed by atoms with E-state index in [1.54, 1.807) is 12.1 Å². The summed E-state index contributed by atoms with van der Waals surface area (Å²) in [5.41, 5.74) is 7.65. The van der Waals surface area contributed by atoms with Crippen LogP contribution in [0.2, 0.25) is 0 Å². The number of nitrogen functional groups attached to an aromatic ring is 1. The van der Waals surface area contributed by atoms with Crippen LogP contribution in [0.5, 0.6) is 0 Å². The van der Waals surface area contributed by atoms with Gasteiger partial charge in [-0.05, 0) is 42.7 Å². The van der Waals surface area contributed by atoms with Gasteiger partial charge in [-0.15, -0.1) is 10.2 Å². The molecular weight excluding hydrogens is 240 g/mol. The van der Waals surface area contributed by atoms with Gasteiger partial charge in [-0.2, -0.15) is 0 Å². The molecule has 0 atom stereocenters. The van der Waals surface area contributed by atoms with Gasteiger partial charge in [0.15, 0.2) is 0 Å². The average Bonchev–Trinajstić information content (AvgIpc) is 2.42. The molecule has 1 aromatic carbocycles. The summed E-state index contributed by atoms with van der Waals surface area (Å²) in [6.45, 7) is 1.95. The predicted molar refractivity (Wildman–Crippen MR) is 73.0 cm³/mol. The van der Waals surface area contributed by atoms with Crippen molar-refractivity contribution in [3.63, 3.8) is 0 Å². The molecule has 19 heavy (non-hydrogen) atoms. The number of aromatic nitrogens is 2. The second-order valence-corrected chi connectivity index (χ2v) is 3.89. The summed E-state index contributed by atoms with van der Waals surface area (Å²) in [5.74, 6) is 3.09. The van der Waals surface area contributed by atoms with Gasteiger partial charge in [0, 0.05) is 6.04 Å². The second-order valence-electron chi connectivity index (χ2n) is 3.89. The molecule has 0 saturated carbocycles. The zero-order chi connectivity index (χ0) is 13.7. The first-order valence-electron chi connectivity index (χ1n) is 5.61. The highest BCUT2D eigenvalue weighted by atomic mass is 16.1. The highest BCUT2D eigenvalue weighted by molar-refractivity contribution is 5.80. The third-order valence-corrected chi connectivity index (χ3v) is 2.37. The summed E-state index contributed by atoms with van der Waals surface area (Å²) in [7, 11) is 0. The van der Waals surface area contributed by atoms with Crippen molar-refractivity contribution in [3.8, 4) is 12.0 Å². The van der Waals surface area contributed by atoms with Crippen LogP contribution in [-0.4, -0.2) is 16.6 Å². The van der Waals surface area contributed by atoms with Crippen molar-refractivity contribution in [2.24, 2.45) is 0 Å². The molecule has 2 N–H and O–H groups in total. The number of hydrogen-bond acceptors (Lipinski definition) is 4. The van der Waals surface area contributed by atoms with Crippen LogP contribution in [0.1, 0.15) is 11.3 Å². The molecule has 0 radical (unpaired) electrons. The zero-order valence-corrected chi connectivity index (χ0v) is 10.4. The Labute approximate surface area is 111 Å². The maximum atomic E-state index is 11.1. The van der Waals surface area contributed by atoms with Crippen LogP contribution in [0, 0.1) is 18.9 Å². The molecule has 0 bridgehead atoms. The SMILES string of the molecule is Cc1cccc(N(C#Cc2ccc(N)nn2)C=O)c1. The van der Waals surface area contributed by atoms with E-state index >= 15 is 0 Å². The lowest BCUT2D eigenvalue weighted by Crippen LogP contribution is -2.13. The molecule has 1 heterocycles. The summed E-state index contributed by atoms with van der Waals surface area (Å²) in [6.07, 6.45) is 0.659. The number of rotatable bonds is 2. The number of hydrogen-bond donors (Lipinski definition) is 1. The second kappa shape index (κ2) is 5.65. The van der Waals surface area contributed by atoms with Gasteiger partial charge in [0.05, 0.1) is 5.69 Å². The molecular formula is C14H12N4O. The Balaban J connectivity index is 2.25. The van der Waals surface area contributed by atoms with Crippen molar-refractivity contribution in [1.82, 2.24) is 10.2 Å². The van der Waals surface area contributed by atoms with Gasteiger partial charge in [0.1, 0.15) is 11.5 Å². The van der Waals surface area contributed by atoms with Crippen LogP contribution < -0.4 is 10.6 Å². The Bertz CT molecular complexity index is 640. The molecule has 0 aliphatic rings. The summed E-state index contributed by atoms with van der Waals surface area (Å²) in [6, 6.07) is 13.5. The Hall–Kier alpha value is -2.87. The van der Waals surface area contributed by atoms with Gasteiger partial charge in [-0.25, -0.2) is 4.90 Å². The summed E-state index contributed by atoms with van der Waals surface area (Å²) < 4.78 is 0. The fraction of sp³-hybridized carbons (Fsp3) is 0.0714. The van der Waals surface area contributed by atoms with Crippen molar-refractivity contribution in [3.05, 3.63) is 47.7 Å². The molecule has 5 heteroatoms. The quantitative estimate of drug-likeness (QED) is 0.497. The lowest BCUT2D eigenvalue weighted by Gasteiger charge is -2.09. The number of carbonyl (C=O) groups excluding carboxylic acids is 1. The third kappa shape index (κ3) is 3.30. The molecule has 0 saturated heterocycles. The topological polar surface area (TPSA) is 72.1 Å². The van der Waals surface area contributed by atoms with Crippen LogP contribution in [0.3, 0.4) is 0 Å². The monoisotopic (exact) mass is 252 g/mol. The molecule has 2 rings (SSSR count).